The first kappa shape index (κ1) is 17.1. The Labute approximate surface area is 122 Å². The summed E-state index contributed by atoms with van der Waals surface area (Å²) in [7, 11) is 0. The van der Waals surface area contributed by atoms with Gasteiger partial charge in [0.15, 0.2) is 11.6 Å². The van der Waals surface area contributed by atoms with Crippen molar-refractivity contribution >= 4 is 11.9 Å². The zero-order valence-electron chi connectivity index (χ0n) is 12.5. The predicted octanol–water partition coefficient (Wildman–Crippen LogP) is 2.35. The number of hydrogen-bond acceptors (Lipinski definition) is 3. The molecule has 0 saturated carbocycles. The second-order valence-corrected chi connectivity index (χ2v) is 5.71. The third kappa shape index (κ3) is 5.49. The molecular formula is C15H19F2NO3. The fraction of sp³-hybridized carbons (Fsp3) is 0.467. The van der Waals surface area contributed by atoms with Gasteiger partial charge in [0.25, 0.3) is 0 Å². The molecule has 6 heteroatoms. The molecule has 4 nitrogen and oxygen atoms in total. The number of nitrogens with one attached hydrogen (secondary N) is 1. The number of esters is 1. The lowest BCUT2D eigenvalue weighted by Crippen LogP contribution is -2.42. The Morgan fingerprint density at radius 1 is 1.29 bits per heavy atom. The molecule has 1 rings (SSSR count). The number of benzene rings is 1. The number of carbonyl (C=O) groups excluding carboxylic acids is 2. The van der Waals surface area contributed by atoms with Gasteiger partial charge in [0.1, 0.15) is 11.6 Å². The molecule has 21 heavy (non-hydrogen) atoms. The maximum atomic E-state index is 13.4. The summed E-state index contributed by atoms with van der Waals surface area (Å²) in [5, 5.41) is 2.39. The summed E-state index contributed by atoms with van der Waals surface area (Å²) in [6, 6.07) is 2.74. The van der Waals surface area contributed by atoms with Crippen molar-refractivity contribution < 1.29 is 23.1 Å². The molecule has 1 N–H and O–H groups in total. The van der Waals surface area contributed by atoms with Crippen molar-refractivity contribution in [2.75, 3.05) is 0 Å². The van der Waals surface area contributed by atoms with Crippen LogP contribution in [-0.2, 0) is 20.7 Å². The van der Waals surface area contributed by atoms with Gasteiger partial charge in [-0.1, -0.05) is 12.1 Å². The van der Waals surface area contributed by atoms with Gasteiger partial charge in [0.2, 0.25) is 5.91 Å². The summed E-state index contributed by atoms with van der Waals surface area (Å²) in [4.78, 5) is 23.4. The molecule has 0 saturated heterocycles. The number of rotatable bonds is 4. The number of halogens is 2. The van der Waals surface area contributed by atoms with Gasteiger partial charge in [-0.3, -0.25) is 4.79 Å². The van der Waals surface area contributed by atoms with E-state index < -0.39 is 35.2 Å². The lowest BCUT2D eigenvalue weighted by atomic mass is 10.1. The van der Waals surface area contributed by atoms with Gasteiger partial charge in [0.05, 0.1) is 6.42 Å². The average molecular weight is 299 g/mol. The quantitative estimate of drug-likeness (QED) is 0.868. The summed E-state index contributed by atoms with van der Waals surface area (Å²) in [6.45, 7) is 6.60. The monoisotopic (exact) mass is 299 g/mol. The molecule has 1 aromatic carbocycles. The molecule has 1 aromatic rings. The lowest BCUT2D eigenvalue weighted by Gasteiger charge is -2.22. The highest BCUT2D eigenvalue weighted by molar-refractivity contribution is 5.85. The van der Waals surface area contributed by atoms with Crippen LogP contribution in [0.5, 0.6) is 0 Å². The molecule has 0 fully saturated rings. The van der Waals surface area contributed by atoms with E-state index in [1.165, 1.54) is 19.1 Å². The van der Waals surface area contributed by atoms with Crippen LogP contribution < -0.4 is 5.32 Å². The highest BCUT2D eigenvalue weighted by atomic mass is 19.2. The topological polar surface area (TPSA) is 55.4 Å². The van der Waals surface area contributed by atoms with Gasteiger partial charge in [-0.2, -0.15) is 0 Å². The molecule has 1 atom stereocenters. The number of ether oxygens (including phenoxy) is 1. The van der Waals surface area contributed by atoms with Gasteiger partial charge >= 0.3 is 5.97 Å². The number of hydrogen-bond donors (Lipinski definition) is 1. The van der Waals surface area contributed by atoms with Crippen LogP contribution in [-0.4, -0.2) is 23.5 Å². The summed E-state index contributed by atoms with van der Waals surface area (Å²) < 4.78 is 31.6. The summed E-state index contributed by atoms with van der Waals surface area (Å²) in [5.74, 6) is -3.24. The highest BCUT2D eigenvalue weighted by Crippen LogP contribution is 2.12. The Bertz CT molecular complexity index is 538. The zero-order chi connectivity index (χ0) is 16.2. The van der Waals surface area contributed by atoms with Crippen LogP contribution in [0.4, 0.5) is 8.78 Å². The van der Waals surface area contributed by atoms with Crippen molar-refractivity contribution in [3.63, 3.8) is 0 Å². The predicted molar refractivity (Wildman–Crippen MR) is 73.5 cm³/mol. The second-order valence-electron chi connectivity index (χ2n) is 5.71. The molecule has 0 spiro atoms. The van der Waals surface area contributed by atoms with Crippen molar-refractivity contribution in [1.29, 1.82) is 0 Å². The fourth-order valence-corrected chi connectivity index (χ4v) is 1.60. The van der Waals surface area contributed by atoms with Crippen LogP contribution in [0.25, 0.3) is 0 Å². The summed E-state index contributed by atoms with van der Waals surface area (Å²) in [5.41, 5.74) is -0.728. The first-order valence-electron chi connectivity index (χ1n) is 6.55. The normalized spacial score (nSPS) is 12.7. The molecule has 0 aliphatic carbocycles. The van der Waals surface area contributed by atoms with E-state index in [1.807, 2.05) is 0 Å². The van der Waals surface area contributed by atoms with Crippen molar-refractivity contribution in [2.45, 2.75) is 45.8 Å². The minimum absolute atomic E-state index is 0.0658. The number of carbonyl (C=O) groups is 2. The van der Waals surface area contributed by atoms with Crippen LogP contribution in [0.3, 0.4) is 0 Å². The van der Waals surface area contributed by atoms with Crippen LogP contribution in [0.15, 0.2) is 18.2 Å². The fourth-order valence-electron chi connectivity index (χ4n) is 1.60. The minimum Gasteiger partial charge on any atom is -0.458 e. The van der Waals surface area contributed by atoms with Gasteiger partial charge in [-0.15, -0.1) is 0 Å². The molecule has 116 valence electrons. The van der Waals surface area contributed by atoms with Crippen molar-refractivity contribution in [1.82, 2.24) is 5.32 Å². The Morgan fingerprint density at radius 3 is 2.48 bits per heavy atom. The Hall–Kier alpha value is -1.98. The van der Waals surface area contributed by atoms with Gasteiger partial charge in [-0.25, -0.2) is 13.6 Å². The maximum absolute atomic E-state index is 13.4. The molecule has 0 bridgehead atoms. The van der Waals surface area contributed by atoms with E-state index in [-0.39, 0.29) is 12.0 Å². The average Bonchev–Trinajstić information content (AvgIpc) is 2.32. The van der Waals surface area contributed by atoms with Crippen molar-refractivity contribution in [3.05, 3.63) is 35.4 Å². The largest absolute Gasteiger partial charge is 0.458 e. The molecular weight excluding hydrogens is 280 g/mol. The van der Waals surface area contributed by atoms with E-state index in [2.05, 4.69) is 5.32 Å². The van der Waals surface area contributed by atoms with Crippen LogP contribution in [0, 0.1) is 11.6 Å². The standard InChI is InChI=1S/C15H19F2NO3/c1-9(14(20)21-15(2,3)4)18-12(19)8-10-6-5-7-11(16)13(10)17/h5-7,9H,8H2,1-4H3,(H,18,19)/t9-/m0/s1. The van der Waals surface area contributed by atoms with E-state index in [0.29, 0.717) is 0 Å². The molecule has 0 aliphatic heterocycles. The Morgan fingerprint density at radius 2 is 1.90 bits per heavy atom. The highest BCUT2D eigenvalue weighted by Gasteiger charge is 2.23. The lowest BCUT2D eigenvalue weighted by molar-refractivity contribution is -0.158. The molecule has 0 radical (unpaired) electrons. The van der Waals surface area contributed by atoms with E-state index >= 15 is 0 Å². The van der Waals surface area contributed by atoms with Gasteiger partial charge in [-0.05, 0) is 33.8 Å². The molecule has 0 heterocycles. The van der Waals surface area contributed by atoms with E-state index in [0.717, 1.165) is 6.07 Å². The first-order chi connectivity index (χ1) is 9.60. The van der Waals surface area contributed by atoms with Crippen LogP contribution in [0.2, 0.25) is 0 Å². The molecule has 1 amide bonds. The van der Waals surface area contributed by atoms with Gasteiger partial charge in [0, 0.05) is 5.56 Å². The summed E-state index contributed by atoms with van der Waals surface area (Å²) in [6.07, 6.45) is -0.350. The third-order valence-electron chi connectivity index (χ3n) is 2.52. The molecule has 0 aromatic heterocycles. The van der Waals surface area contributed by atoms with Crippen LogP contribution in [0.1, 0.15) is 33.3 Å². The first-order valence-corrected chi connectivity index (χ1v) is 6.55. The van der Waals surface area contributed by atoms with Crippen LogP contribution >= 0.6 is 0 Å². The zero-order valence-corrected chi connectivity index (χ0v) is 12.5. The Balaban J connectivity index is 2.61. The smallest absolute Gasteiger partial charge is 0.328 e. The molecule has 0 unspecified atom stereocenters. The number of amides is 1. The molecule has 0 aliphatic rings. The van der Waals surface area contributed by atoms with E-state index in [4.69, 9.17) is 4.74 Å². The maximum Gasteiger partial charge on any atom is 0.328 e. The Kier molecular flexibility index (Phi) is 5.41. The third-order valence-corrected chi connectivity index (χ3v) is 2.52. The van der Waals surface area contributed by atoms with E-state index in [1.54, 1.807) is 20.8 Å². The van der Waals surface area contributed by atoms with Gasteiger partial charge < -0.3 is 10.1 Å². The van der Waals surface area contributed by atoms with Crippen molar-refractivity contribution in [3.8, 4) is 0 Å². The summed E-state index contributed by atoms with van der Waals surface area (Å²) >= 11 is 0. The van der Waals surface area contributed by atoms with E-state index in [9.17, 15) is 18.4 Å². The minimum atomic E-state index is -1.06. The SMILES string of the molecule is C[C@H](NC(=O)Cc1cccc(F)c1F)C(=O)OC(C)(C)C. The second kappa shape index (κ2) is 6.65. The van der Waals surface area contributed by atoms with Crippen molar-refractivity contribution in [2.24, 2.45) is 0 Å².